The molecular formula is C23H28N2O3. The summed E-state index contributed by atoms with van der Waals surface area (Å²) < 4.78 is 10.8. The van der Waals surface area contributed by atoms with E-state index in [-0.39, 0.29) is 11.9 Å². The predicted octanol–water partition coefficient (Wildman–Crippen LogP) is 3.21. The van der Waals surface area contributed by atoms with Gasteiger partial charge in [-0.2, -0.15) is 0 Å². The van der Waals surface area contributed by atoms with Gasteiger partial charge in [0.1, 0.15) is 5.75 Å². The second kappa shape index (κ2) is 10.1. The first-order valence-electron chi connectivity index (χ1n) is 9.64. The molecule has 28 heavy (non-hydrogen) atoms. The zero-order valence-electron chi connectivity index (χ0n) is 16.6. The number of hydrogen-bond donors (Lipinski definition) is 1. The molecule has 1 N–H and O–H groups in total. The molecule has 0 unspecified atom stereocenters. The quantitative estimate of drug-likeness (QED) is 0.750. The second-order valence-electron chi connectivity index (χ2n) is 6.96. The number of ether oxygens (including phenoxy) is 2. The van der Waals surface area contributed by atoms with Crippen LogP contribution in [0.3, 0.4) is 0 Å². The molecule has 0 aliphatic carbocycles. The first-order valence-corrected chi connectivity index (χ1v) is 9.64. The number of amides is 1. The molecule has 2 aromatic rings. The molecule has 0 spiro atoms. The van der Waals surface area contributed by atoms with Gasteiger partial charge in [-0.15, -0.1) is 0 Å². The number of morpholine rings is 1. The SMILES string of the molecule is COc1ccc(C)cc1/C=C/C(=O)N[C@@H](CN1CCOCC1)c1ccccc1. The van der Waals surface area contributed by atoms with Gasteiger partial charge >= 0.3 is 0 Å². The van der Waals surface area contributed by atoms with Crippen LogP contribution in [0.4, 0.5) is 0 Å². The summed E-state index contributed by atoms with van der Waals surface area (Å²) >= 11 is 0. The fourth-order valence-electron chi connectivity index (χ4n) is 3.33. The third-order valence-corrected chi connectivity index (χ3v) is 4.86. The van der Waals surface area contributed by atoms with Gasteiger partial charge in [-0.3, -0.25) is 9.69 Å². The van der Waals surface area contributed by atoms with Gasteiger partial charge in [-0.05, 0) is 30.7 Å². The minimum absolute atomic E-state index is 0.0733. The molecule has 1 heterocycles. The van der Waals surface area contributed by atoms with Gasteiger partial charge in [-0.25, -0.2) is 0 Å². The summed E-state index contributed by atoms with van der Waals surface area (Å²) in [6.45, 7) is 6.03. The number of aryl methyl sites for hydroxylation is 1. The standard InChI is InChI=1S/C23H28N2O3/c1-18-8-10-22(27-2)20(16-18)9-11-23(26)24-21(19-6-4-3-5-7-19)17-25-12-14-28-15-13-25/h3-11,16,21H,12-15,17H2,1-2H3,(H,24,26)/b11-9+/t21-/m0/s1. The third-order valence-electron chi connectivity index (χ3n) is 4.86. The number of hydrogen-bond acceptors (Lipinski definition) is 4. The lowest BCUT2D eigenvalue weighted by molar-refractivity contribution is -0.117. The summed E-state index contributed by atoms with van der Waals surface area (Å²) in [6.07, 6.45) is 3.38. The topological polar surface area (TPSA) is 50.8 Å². The number of methoxy groups -OCH3 is 1. The van der Waals surface area contributed by atoms with E-state index in [0.29, 0.717) is 0 Å². The predicted molar refractivity (Wildman–Crippen MR) is 111 cm³/mol. The molecule has 0 saturated carbocycles. The molecule has 5 heteroatoms. The van der Waals surface area contributed by atoms with Gasteiger partial charge in [0.15, 0.2) is 0 Å². The van der Waals surface area contributed by atoms with Crippen molar-refractivity contribution in [1.29, 1.82) is 0 Å². The van der Waals surface area contributed by atoms with Crippen LogP contribution in [0.15, 0.2) is 54.6 Å². The van der Waals surface area contributed by atoms with Crippen molar-refractivity contribution in [2.45, 2.75) is 13.0 Å². The number of carbonyl (C=O) groups excluding carboxylic acids is 1. The van der Waals surface area contributed by atoms with Gasteiger partial charge < -0.3 is 14.8 Å². The first kappa shape index (κ1) is 20.1. The average Bonchev–Trinajstić information content (AvgIpc) is 2.73. The summed E-state index contributed by atoms with van der Waals surface area (Å²) in [5, 5.41) is 3.15. The smallest absolute Gasteiger partial charge is 0.244 e. The van der Waals surface area contributed by atoms with Crippen molar-refractivity contribution in [1.82, 2.24) is 10.2 Å². The molecule has 0 radical (unpaired) electrons. The number of benzene rings is 2. The van der Waals surface area contributed by atoms with Crippen molar-refractivity contribution in [3.63, 3.8) is 0 Å². The highest BCUT2D eigenvalue weighted by Crippen LogP contribution is 2.21. The van der Waals surface area contributed by atoms with Gasteiger partial charge in [0, 0.05) is 31.3 Å². The molecule has 0 bridgehead atoms. The lowest BCUT2D eigenvalue weighted by Crippen LogP contribution is -2.42. The van der Waals surface area contributed by atoms with Crippen molar-refractivity contribution in [2.24, 2.45) is 0 Å². The van der Waals surface area contributed by atoms with Crippen LogP contribution in [-0.4, -0.2) is 50.8 Å². The monoisotopic (exact) mass is 380 g/mol. The van der Waals surface area contributed by atoms with E-state index in [9.17, 15) is 4.79 Å². The Balaban J connectivity index is 1.71. The molecule has 1 saturated heterocycles. The zero-order chi connectivity index (χ0) is 19.8. The van der Waals surface area contributed by atoms with E-state index in [4.69, 9.17) is 9.47 Å². The summed E-state index contributed by atoms with van der Waals surface area (Å²) in [5.41, 5.74) is 3.11. The minimum Gasteiger partial charge on any atom is -0.496 e. The summed E-state index contributed by atoms with van der Waals surface area (Å²) in [5.74, 6) is 0.633. The van der Waals surface area contributed by atoms with Crippen molar-refractivity contribution in [2.75, 3.05) is 40.0 Å². The Morgan fingerprint density at radius 2 is 1.96 bits per heavy atom. The fraction of sp³-hybridized carbons (Fsp3) is 0.348. The molecule has 1 aliphatic heterocycles. The lowest BCUT2D eigenvalue weighted by Gasteiger charge is -2.31. The van der Waals surface area contributed by atoms with Crippen molar-refractivity contribution < 1.29 is 14.3 Å². The van der Waals surface area contributed by atoms with E-state index in [1.807, 2.05) is 43.3 Å². The third kappa shape index (κ3) is 5.68. The van der Waals surface area contributed by atoms with Crippen LogP contribution in [0.2, 0.25) is 0 Å². The Labute approximate surface area is 167 Å². The average molecular weight is 380 g/mol. The van der Waals surface area contributed by atoms with Crippen LogP contribution >= 0.6 is 0 Å². The first-order chi connectivity index (χ1) is 13.7. The Kier molecular flexibility index (Phi) is 7.23. The van der Waals surface area contributed by atoms with Crippen LogP contribution in [0, 0.1) is 6.92 Å². The van der Waals surface area contributed by atoms with E-state index in [1.54, 1.807) is 19.3 Å². The number of rotatable bonds is 7. The largest absolute Gasteiger partial charge is 0.496 e. The Morgan fingerprint density at radius 3 is 2.68 bits per heavy atom. The van der Waals surface area contributed by atoms with Gasteiger partial charge in [-0.1, -0.05) is 42.0 Å². The highest BCUT2D eigenvalue weighted by Gasteiger charge is 2.19. The maximum Gasteiger partial charge on any atom is 0.244 e. The Hall–Kier alpha value is -2.63. The van der Waals surface area contributed by atoms with Crippen LogP contribution < -0.4 is 10.1 Å². The molecule has 1 fully saturated rings. The van der Waals surface area contributed by atoms with Gasteiger partial charge in [0.2, 0.25) is 5.91 Å². The molecule has 5 nitrogen and oxygen atoms in total. The van der Waals surface area contributed by atoms with Crippen LogP contribution in [0.5, 0.6) is 5.75 Å². The zero-order valence-corrected chi connectivity index (χ0v) is 16.6. The van der Waals surface area contributed by atoms with Crippen LogP contribution in [0.1, 0.15) is 22.7 Å². The molecule has 1 aliphatic rings. The van der Waals surface area contributed by atoms with E-state index < -0.39 is 0 Å². The number of carbonyl (C=O) groups is 1. The molecule has 0 aromatic heterocycles. The van der Waals surface area contributed by atoms with Gasteiger partial charge in [0.05, 0.1) is 26.4 Å². The van der Waals surface area contributed by atoms with Crippen molar-refractivity contribution in [3.05, 3.63) is 71.3 Å². The molecule has 1 atom stereocenters. The summed E-state index contributed by atoms with van der Waals surface area (Å²) in [4.78, 5) is 15.0. The van der Waals surface area contributed by atoms with Crippen LogP contribution in [0.25, 0.3) is 6.08 Å². The minimum atomic E-state index is -0.120. The normalized spacial score (nSPS) is 16.1. The van der Waals surface area contributed by atoms with E-state index in [1.165, 1.54) is 0 Å². The Morgan fingerprint density at radius 1 is 1.21 bits per heavy atom. The van der Waals surface area contributed by atoms with Crippen molar-refractivity contribution >= 4 is 12.0 Å². The summed E-state index contributed by atoms with van der Waals surface area (Å²) in [7, 11) is 1.63. The van der Waals surface area contributed by atoms with E-state index in [2.05, 4.69) is 22.3 Å². The van der Waals surface area contributed by atoms with E-state index >= 15 is 0 Å². The maximum absolute atomic E-state index is 12.6. The van der Waals surface area contributed by atoms with Crippen molar-refractivity contribution in [3.8, 4) is 5.75 Å². The number of nitrogens with one attached hydrogen (secondary N) is 1. The number of nitrogens with zero attached hydrogens (tertiary/aromatic N) is 1. The lowest BCUT2D eigenvalue weighted by atomic mass is 10.1. The van der Waals surface area contributed by atoms with Crippen LogP contribution in [-0.2, 0) is 9.53 Å². The maximum atomic E-state index is 12.6. The second-order valence-corrected chi connectivity index (χ2v) is 6.96. The molecule has 2 aromatic carbocycles. The highest BCUT2D eigenvalue weighted by molar-refractivity contribution is 5.92. The summed E-state index contributed by atoms with van der Waals surface area (Å²) in [6, 6.07) is 15.9. The highest BCUT2D eigenvalue weighted by atomic mass is 16.5. The van der Waals surface area contributed by atoms with E-state index in [0.717, 1.165) is 55.3 Å². The Bertz CT molecular complexity index is 799. The fourth-order valence-corrected chi connectivity index (χ4v) is 3.33. The molecule has 1 amide bonds. The molecule has 3 rings (SSSR count). The van der Waals surface area contributed by atoms with Gasteiger partial charge in [0.25, 0.3) is 0 Å². The molecular weight excluding hydrogens is 352 g/mol. The molecule has 148 valence electrons.